The van der Waals surface area contributed by atoms with Gasteiger partial charge in [0.25, 0.3) is 0 Å². The third-order valence-electron chi connectivity index (χ3n) is 2.17. The van der Waals surface area contributed by atoms with E-state index in [1.165, 1.54) is 0 Å². The maximum Gasteiger partial charge on any atom is 0.303 e. The molecule has 1 rings (SSSR count). The fourth-order valence-corrected chi connectivity index (χ4v) is 1.57. The van der Waals surface area contributed by atoms with Gasteiger partial charge in [0, 0.05) is 17.5 Å². The van der Waals surface area contributed by atoms with Gasteiger partial charge in [-0.05, 0) is 24.5 Å². The fourth-order valence-electron chi connectivity index (χ4n) is 1.36. The van der Waals surface area contributed by atoms with Gasteiger partial charge in [-0.3, -0.25) is 4.79 Å². The van der Waals surface area contributed by atoms with Gasteiger partial charge in [0.1, 0.15) is 0 Å². The van der Waals surface area contributed by atoms with Gasteiger partial charge in [-0.25, -0.2) is 0 Å². The van der Waals surface area contributed by atoms with Gasteiger partial charge < -0.3 is 10.8 Å². The number of carboxylic acid groups (broad SMARTS) is 1. The molecule has 1 aromatic rings. The van der Waals surface area contributed by atoms with Crippen LogP contribution in [-0.4, -0.2) is 17.1 Å². The molecule has 1 aromatic carbocycles. The molecule has 4 heteroatoms. The largest absolute Gasteiger partial charge is 0.481 e. The summed E-state index contributed by atoms with van der Waals surface area (Å²) in [6, 6.07) is 7.31. The maximum absolute atomic E-state index is 10.3. The molecular weight excluding hydrogens is 214 g/mol. The molecule has 0 aliphatic carbocycles. The van der Waals surface area contributed by atoms with Crippen molar-refractivity contribution < 1.29 is 9.90 Å². The van der Waals surface area contributed by atoms with Crippen molar-refractivity contribution >= 4 is 17.6 Å². The predicted molar refractivity (Wildman–Crippen MR) is 60.0 cm³/mol. The van der Waals surface area contributed by atoms with Crippen molar-refractivity contribution in [1.29, 1.82) is 0 Å². The zero-order valence-electron chi connectivity index (χ0n) is 8.32. The highest BCUT2D eigenvalue weighted by Crippen LogP contribution is 2.17. The van der Waals surface area contributed by atoms with Crippen LogP contribution in [0.4, 0.5) is 0 Å². The topological polar surface area (TPSA) is 63.3 Å². The number of nitrogens with two attached hydrogens (primary N) is 1. The van der Waals surface area contributed by atoms with E-state index in [1.807, 2.05) is 18.2 Å². The summed E-state index contributed by atoms with van der Waals surface area (Å²) in [6.45, 7) is 0. The summed E-state index contributed by atoms with van der Waals surface area (Å²) in [5, 5.41) is 9.19. The molecule has 0 fully saturated rings. The lowest BCUT2D eigenvalue weighted by atomic mass is 10.0. The molecule has 0 radical (unpaired) electrons. The van der Waals surface area contributed by atoms with Crippen molar-refractivity contribution in [2.75, 3.05) is 0 Å². The number of carbonyl (C=O) groups is 1. The Kier molecular flexibility index (Phi) is 4.59. The Hall–Kier alpha value is -1.06. The van der Waals surface area contributed by atoms with Crippen molar-refractivity contribution in [3.63, 3.8) is 0 Å². The molecule has 3 nitrogen and oxygen atoms in total. The van der Waals surface area contributed by atoms with Crippen LogP contribution in [0.1, 0.15) is 18.4 Å². The molecule has 1 unspecified atom stereocenters. The van der Waals surface area contributed by atoms with Gasteiger partial charge in [0.15, 0.2) is 0 Å². The highest BCUT2D eigenvalue weighted by molar-refractivity contribution is 6.31. The predicted octanol–water partition coefficient (Wildman–Crippen LogP) is 2.07. The van der Waals surface area contributed by atoms with Gasteiger partial charge in [-0.1, -0.05) is 29.8 Å². The van der Waals surface area contributed by atoms with Crippen LogP contribution >= 0.6 is 11.6 Å². The molecule has 0 saturated carbocycles. The Bertz CT molecular complexity index is 341. The van der Waals surface area contributed by atoms with Crippen LogP contribution in [-0.2, 0) is 11.2 Å². The average molecular weight is 228 g/mol. The van der Waals surface area contributed by atoms with Gasteiger partial charge in [0.05, 0.1) is 0 Å². The van der Waals surface area contributed by atoms with Crippen LogP contribution in [0.15, 0.2) is 24.3 Å². The number of halogens is 1. The molecule has 0 bridgehead atoms. The molecular formula is C11H14ClNO2. The first kappa shape index (κ1) is 12.0. The van der Waals surface area contributed by atoms with Gasteiger partial charge in [-0.2, -0.15) is 0 Å². The van der Waals surface area contributed by atoms with Crippen molar-refractivity contribution in [2.45, 2.75) is 25.3 Å². The van der Waals surface area contributed by atoms with Crippen molar-refractivity contribution in [3.8, 4) is 0 Å². The van der Waals surface area contributed by atoms with E-state index in [-0.39, 0.29) is 12.5 Å². The highest BCUT2D eigenvalue weighted by atomic mass is 35.5. The summed E-state index contributed by atoms with van der Waals surface area (Å²) in [6.07, 6.45) is 1.19. The molecule has 0 spiro atoms. The lowest BCUT2D eigenvalue weighted by Crippen LogP contribution is -2.23. The molecule has 1 atom stereocenters. The smallest absolute Gasteiger partial charge is 0.303 e. The van der Waals surface area contributed by atoms with Crippen LogP contribution in [0.25, 0.3) is 0 Å². The standard InChI is InChI=1S/C11H14ClNO2/c12-10-4-2-1-3-8(10)7-9(13)5-6-11(14)15/h1-4,9H,5-7,13H2,(H,14,15). The first-order valence-corrected chi connectivity index (χ1v) is 5.18. The van der Waals surface area contributed by atoms with Crippen LogP contribution in [0, 0.1) is 0 Å². The minimum Gasteiger partial charge on any atom is -0.481 e. The van der Waals surface area contributed by atoms with Crippen molar-refractivity contribution in [2.24, 2.45) is 5.73 Å². The van der Waals surface area contributed by atoms with Crippen molar-refractivity contribution in [1.82, 2.24) is 0 Å². The molecule has 0 saturated heterocycles. The molecule has 0 aliphatic rings. The Morgan fingerprint density at radius 1 is 1.47 bits per heavy atom. The summed E-state index contributed by atoms with van der Waals surface area (Å²) < 4.78 is 0. The third kappa shape index (κ3) is 4.32. The van der Waals surface area contributed by atoms with Crippen LogP contribution in [0.2, 0.25) is 5.02 Å². The number of carboxylic acids is 1. The lowest BCUT2D eigenvalue weighted by molar-refractivity contribution is -0.137. The van der Waals surface area contributed by atoms with E-state index >= 15 is 0 Å². The number of hydrogen-bond donors (Lipinski definition) is 2. The van der Waals surface area contributed by atoms with E-state index in [9.17, 15) is 4.79 Å². The van der Waals surface area contributed by atoms with E-state index in [0.717, 1.165) is 5.56 Å². The summed E-state index contributed by atoms with van der Waals surface area (Å²) in [5.41, 5.74) is 6.77. The number of hydrogen-bond acceptors (Lipinski definition) is 2. The van der Waals surface area contributed by atoms with Crippen molar-refractivity contribution in [3.05, 3.63) is 34.9 Å². The number of aliphatic carboxylic acids is 1. The van der Waals surface area contributed by atoms with E-state index in [2.05, 4.69) is 0 Å². The molecule has 0 aromatic heterocycles. The Labute approximate surface area is 93.9 Å². The number of rotatable bonds is 5. The first-order valence-electron chi connectivity index (χ1n) is 4.80. The zero-order valence-corrected chi connectivity index (χ0v) is 9.07. The SMILES string of the molecule is NC(CCC(=O)O)Cc1ccccc1Cl. The van der Waals surface area contributed by atoms with E-state index in [1.54, 1.807) is 6.07 Å². The zero-order chi connectivity index (χ0) is 11.3. The number of benzene rings is 1. The molecule has 82 valence electrons. The Balaban J connectivity index is 2.47. The molecule has 0 heterocycles. The maximum atomic E-state index is 10.3. The Morgan fingerprint density at radius 2 is 2.13 bits per heavy atom. The minimum atomic E-state index is -0.815. The van der Waals surface area contributed by atoms with E-state index in [4.69, 9.17) is 22.4 Å². The monoisotopic (exact) mass is 227 g/mol. The summed E-state index contributed by atoms with van der Waals surface area (Å²) in [4.78, 5) is 10.3. The second-order valence-corrected chi connectivity index (χ2v) is 3.90. The lowest BCUT2D eigenvalue weighted by Gasteiger charge is -2.11. The summed E-state index contributed by atoms with van der Waals surface area (Å²) in [7, 11) is 0. The normalized spacial score (nSPS) is 12.4. The van der Waals surface area contributed by atoms with Gasteiger partial charge >= 0.3 is 5.97 Å². The third-order valence-corrected chi connectivity index (χ3v) is 2.54. The van der Waals surface area contributed by atoms with Gasteiger partial charge in [0.2, 0.25) is 0 Å². The molecule has 15 heavy (non-hydrogen) atoms. The minimum absolute atomic E-state index is 0.103. The summed E-state index contributed by atoms with van der Waals surface area (Å²) >= 11 is 5.96. The second-order valence-electron chi connectivity index (χ2n) is 3.49. The van der Waals surface area contributed by atoms with E-state index < -0.39 is 5.97 Å². The van der Waals surface area contributed by atoms with Crippen LogP contribution in [0.3, 0.4) is 0 Å². The first-order chi connectivity index (χ1) is 7.09. The van der Waals surface area contributed by atoms with Crippen LogP contribution < -0.4 is 5.73 Å². The Morgan fingerprint density at radius 3 is 2.73 bits per heavy atom. The molecule has 3 N–H and O–H groups in total. The summed E-state index contributed by atoms with van der Waals surface area (Å²) in [5.74, 6) is -0.815. The van der Waals surface area contributed by atoms with E-state index in [0.29, 0.717) is 17.9 Å². The highest BCUT2D eigenvalue weighted by Gasteiger charge is 2.08. The van der Waals surface area contributed by atoms with Gasteiger partial charge in [-0.15, -0.1) is 0 Å². The fraction of sp³-hybridized carbons (Fsp3) is 0.364. The average Bonchev–Trinajstić information content (AvgIpc) is 2.18. The quantitative estimate of drug-likeness (QED) is 0.810. The molecule has 0 aliphatic heterocycles. The molecule has 0 amide bonds. The second kappa shape index (κ2) is 5.73. The van der Waals surface area contributed by atoms with Crippen LogP contribution in [0.5, 0.6) is 0 Å².